The zero-order valence-electron chi connectivity index (χ0n) is 9.80. The van der Waals surface area contributed by atoms with E-state index in [9.17, 15) is 5.11 Å². The topological polar surface area (TPSA) is 87.7 Å². The Labute approximate surface area is 108 Å². The molecule has 0 aliphatic rings. The van der Waals surface area contributed by atoms with Gasteiger partial charge in [-0.05, 0) is 24.3 Å². The second-order valence-electron chi connectivity index (χ2n) is 3.78. The van der Waals surface area contributed by atoms with Crippen LogP contribution in [0.2, 0.25) is 0 Å². The van der Waals surface area contributed by atoms with Gasteiger partial charge in [0.2, 0.25) is 0 Å². The number of nitrogens with one attached hydrogen (secondary N) is 1. The summed E-state index contributed by atoms with van der Waals surface area (Å²) in [5, 5.41) is 25.4. The summed E-state index contributed by atoms with van der Waals surface area (Å²) in [5.74, 6) is 0.731. The van der Waals surface area contributed by atoms with Crippen LogP contribution in [-0.2, 0) is 0 Å². The van der Waals surface area contributed by atoms with E-state index in [2.05, 4.69) is 25.8 Å². The van der Waals surface area contributed by atoms with E-state index in [1.165, 1.54) is 17.1 Å². The number of rotatable bonds is 3. The Hall–Kier alpha value is -2.96. The van der Waals surface area contributed by atoms with Crippen molar-refractivity contribution in [3.05, 3.63) is 48.3 Å². The van der Waals surface area contributed by atoms with E-state index < -0.39 is 0 Å². The molecule has 19 heavy (non-hydrogen) atoms. The Balaban J connectivity index is 1.76. The maximum atomic E-state index is 9.57. The number of phenols is 1. The highest BCUT2D eigenvalue weighted by atomic mass is 16.3. The van der Waals surface area contributed by atoms with Crippen molar-refractivity contribution in [3.8, 4) is 5.75 Å². The van der Waals surface area contributed by atoms with Gasteiger partial charge in [0.05, 0.1) is 6.21 Å². The van der Waals surface area contributed by atoms with Crippen LogP contribution in [0.25, 0.3) is 5.65 Å². The molecule has 0 bridgehead atoms. The number of aromatic nitrogens is 4. The molecule has 7 nitrogen and oxygen atoms in total. The highest BCUT2D eigenvalue weighted by molar-refractivity contribution is 5.83. The van der Waals surface area contributed by atoms with Gasteiger partial charge in [-0.3, -0.25) is 5.43 Å². The fraction of sp³-hybridized carbons (Fsp3) is 0. The average molecular weight is 254 g/mol. The van der Waals surface area contributed by atoms with Crippen LogP contribution in [-0.4, -0.2) is 31.1 Å². The van der Waals surface area contributed by atoms with Crippen molar-refractivity contribution in [1.82, 2.24) is 19.8 Å². The van der Waals surface area contributed by atoms with E-state index in [-0.39, 0.29) is 5.75 Å². The molecule has 2 N–H and O–H groups in total. The number of hydrogen-bond acceptors (Lipinski definition) is 6. The molecule has 94 valence electrons. The highest BCUT2D eigenvalue weighted by Crippen LogP contribution is 2.12. The summed E-state index contributed by atoms with van der Waals surface area (Å²) in [4.78, 5) is 0. The SMILES string of the molecule is Oc1ccccc1C=NNc1ccc2nncn2n1. The first-order valence-corrected chi connectivity index (χ1v) is 5.57. The quantitative estimate of drug-likeness (QED) is 0.543. The zero-order valence-corrected chi connectivity index (χ0v) is 9.80. The van der Waals surface area contributed by atoms with Crippen molar-refractivity contribution in [2.45, 2.75) is 0 Å². The van der Waals surface area contributed by atoms with Crippen LogP contribution in [0.3, 0.4) is 0 Å². The lowest BCUT2D eigenvalue weighted by Crippen LogP contribution is -1.98. The van der Waals surface area contributed by atoms with Crippen LogP contribution in [0.5, 0.6) is 5.75 Å². The first-order valence-electron chi connectivity index (χ1n) is 5.57. The number of anilines is 1. The molecule has 0 saturated carbocycles. The number of nitrogens with zero attached hydrogens (tertiary/aromatic N) is 5. The fourth-order valence-corrected chi connectivity index (χ4v) is 1.55. The van der Waals surface area contributed by atoms with Crippen LogP contribution in [0, 0.1) is 0 Å². The van der Waals surface area contributed by atoms with Crippen LogP contribution in [0.4, 0.5) is 5.82 Å². The lowest BCUT2D eigenvalue weighted by atomic mass is 10.2. The Morgan fingerprint density at radius 1 is 1.21 bits per heavy atom. The third-order valence-corrected chi connectivity index (χ3v) is 2.48. The zero-order chi connectivity index (χ0) is 13.1. The van der Waals surface area contributed by atoms with Gasteiger partial charge in [-0.25, -0.2) is 0 Å². The maximum Gasteiger partial charge on any atom is 0.177 e. The number of hydrazone groups is 1. The van der Waals surface area contributed by atoms with E-state index in [1.54, 1.807) is 30.3 Å². The summed E-state index contributed by atoms with van der Waals surface area (Å²) in [6.45, 7) is 0. The Morgan fingerprint density at radius 2 is 2.11 bits per heavy atom. The van der Waals surface area contributed by atoms with Gasteiger partial charge in [0.25, 0.3) is 0 Å². The predicted octanol–water partition coefficient (Wildman–Crippen LogP) is 1.28. The number of para-hydroxylation sites is 1. The van der Waals surface area contributed by atoms with Crippen molar-refractivity contribution < 1.29 is 5.11 Å². The van der Waals surface area contributed by atoms with Crippen molar-refractivity contribution in [2.75, 3.05) is 5.43 Å². The van der Waals surface area contributed by atoms with Gasteiger partial charge < -0.3 is 5.11 Å². The lowest BCUT2D eigenvalue weighted by molar-refractivity contribution is 0.474. The van der Waals surface area contributed by atoms with E-state index in [1.807, 2.05) is 6.07 Å². The summed E-state index contributed by atoms with van der Waals surface area (Å²) in [5.41, 5.74) is 4.06. The number of aromatic hydroxyl groups is 1. The van der Waals surface area contributed by atoms with E-state index >= 15 is 0 Å². The number of benzene rings is 1. The maximum absolute atomic E-state index is 9.57. The molecule has 3 aromatic rings. The van der Waals surface area contributed by atoms with Crippen molar-refractivity contribution in [3.63, 3.8) is 0 Å². The molecule has 0 spiro atoms. The van der Waals surface area contributed by atoms with Crippen LogP contribution >= 0.6 is 0 Å². The van der Waals surface area contributed by atoms with Gasteiger partial charge in [-0.1, -0.05) is 12.1 Å². The van der Waals surface area contributed by atoms with Crippen LogP contribution in [0.15, 0.2) is 47.8 Å². The number of phenolic OH excluding ortho intramolecular Hbond substituents is 1. The minimum atomic E-state index is 0.176. The third-order valence-electron chi connectivity index (χ3n) is 2.48. The first kappa shape index (κ1) is 11.1. The lowest BCUT2D eigenvalue weighted by Gasteiger charge is -2.00. The molecule has 1 aromatic carbocycles. The molecule has 7 heteroatoms. The molecule has 0 unspecified atom stereocenters. The summed E-state index contributed by atoms with van der Waals surface area (Å²) in [7, 11) is 0. The highest BCUT2D eigenvalue weighted by Gasteiger charge is 1.98. The molecule has 0 aliphatic carbocycles. The van der Waals surface area contributed by atoms with Gasteiger partial charge in [0.15, 0.2) is 11.5 Å². The molecule has 0 atom stereocenters. The standard InChI is InChI=1S/C12H10N6O/c19-10-4-2-1-3-9(10)7-13-15-11-5-6-12-16-14-8-18(12)17-11/h1-8,19H,(H,15,17). The molecule has 0 aliphatic heterocycles. The molecular weight excluding hydrogens is 244 g/mol. The Bertz CT molecular complexity index is 736. The summed E-state index contributed by atoms with van der Waals surface area (Å²) in [6.07, 6.45) is 3.03. The van der Waals surface area contributed by atoms with Gasteiger partial charge in [-0.15, -0.1) is 15.3 Å². The second-order valence-corrected chi connectivity index (χ2v) is 3.78. The van der Waals surface area contributed by atoms with Gasteiger partial charge in [-0.2, -0.15) is 9.62 Å². The van der Waals surface area contributed by atoms with Crippen molar-refractivity contribution in [1.29, 1.82) is 0 Å². The monoisotopic (exact) mass is 254 g/mol. The minimum absolute atomic E-state index is 0.176. The van der Waals surface area contributed by atoms with Crippen LogP contribution in [0.1, 0.15) is 5.56 Å². The molecule has 0 radical (unpaired) electrons. The molecule has 0 saturated heterocycles. The predicted molar refractivity (Wildman–Crippen MR) is 70.1 cm³/mol. The summed E-state index contributed by atoms with van der Waals surface area (Å²) >= 11 is 0. The smallest absolute Gasteiger partial charge is 0.177 e. The van der Waals surface area contributed by atoms with Gasteiger partial charge >= 0.3 is 0 Å². The molecule has 0 amide bonds. The molecule has 2 aromatic heterocycles. The first-order chi connectivity index (χ1) is 9.33. The van der Waals surface area contributed by atoms with Crippen LogP contribution < -0.4 is 5.43 Å². The van der Waals surface area contributed by atoms with Crippen molar-refractivity contribution in [2.24, 2.45) is 5.10 Å². The normalized spacial score (nSPS) is 11.2. The Morgan fingerprint density at radius 3 is 3.00 bits per heavy atom. The summed E-state index contributed by atoms with van der Waals surface area (Å²) in [6, 6.07) is 10.5. The molecular formula is C12H10N6O. The van der Waals surface area contributed by atoms with Crippen molar-refractivity contribution >= 4 is 17.7 Å². The van der Waals surface area contributed by atoms with Gasteiger partial charge in [0, 0.05) is 5.56 Å². The van der Waals surface area contributed by atoms with E-state index in [4.69, 9.17) is 0 Å². The number of fused-ring (bicyclic) bond motifs is 1. The summed E-state index contributed by atoms with van der Waals surface area (Å²) < 4.78 is 1.54. The molecule has 2 heterocycles. The third kappa shape index (κ3) is 2.34. The van der Waals surface area contributed by atoms with E-state index in [0.29, 0.717) is 17.0 Å². The Kier molecular flexibility index (Phi) is 2.77. The van der Waals surface area contributed by atoms with E-state index in [0.717, 1.165) is 0 Å². The fourth-order valence-electron chi connectivity index (χ4n) is 1.55. The number of hydrogen-bond donors (Lipinski definition) is 2. The molecule has 0 fully saturated rings. The van der Waals surface area contributed by atoms with Gasteiger partial charge in [0.1, 0.15) is 12.1 Å². The average Bonchev–Trinajstić information content (AvgIpc) is 2.88. The second kappa shape index (κ2) is 4.73. The minimum Gasteiger partial charge on any atom is -0.507 e. The largest absolute Gasteiger partial charge is 0.507 e. The molecule has 3 rings (SSSR count).